The first-order valence-electron chi connectivity index (χ1n) is 7.68. The van der Waals surface area contributed by atoms with E-state index in [-0.39, 0.29) is 0 Å². The highest BCUT2D eigenvalue weighted by atomic mass is 15.1. The number of aryl methyl sites for hydroxylation is 2. The molecule has 2 nitrogen and oxygen atoms in total. The molecule has 0 atom stereocenters. The third kappa shape index (κ3) is 4.42. The Kier molecular flexibility index (Phi) is 5.54. The number of nitrogens with zero attached hydrogens (tertiary/aromatic N) is 1. The molecule has 0 aliphatic rings. The largest absolute Gasteiger partial charge is 0.326 e. The van der Waals surface area contributed by atoms with Crippen LogP contribution in [0.3, 0.4) is 0 Å². The lowest BCUT2D eigenvalue weighted by Gasteiger charge is -2.22. The van der Waals surface area contributed by atoms with E-state index in [1.54, 1.807) is 0 Å². The highest BCUT2D eigenvalue weighted by Gasteiger charge is 2.08. The Bertz CT molecular complexity index is 570. The Morgan fingerprint density at radius 1 is 0.905 bits per heavy atom. The second-order valence-electron chi connectivity index (χ2n) is 5.77. The molecule has 0 saturated carbocycles. The van der Waals surface area contributed by atoms with Gasteiger partial charge in [-0.3, -0.25) is 4.90 Å². The molecular formula is C19H26N2. The van der Waals surface area contributed by atoms with Crippen molar-refractivity contribution in [3.63, 3.8) is 0 Å². The summed E-state index contributed by atoms with van der Waals surface area (Å²) >= 11 is 0. The number of hydrogen-bond donors (Lipinski definition) is 1. The monoisotopic (exact) mass is 282 g/mol. The van der Waals surface area contributed by atoms with Crippen LogP contribution in [0.15, 0.2) is 42.5 Å². The minimum Gasteiger partial charge on any atom is -0.326 e. The van der Waals surface area contributed by atoms with E-state index in [0.717, 1.165) is 19.6 Å². The second-order valence-corrected chi connectivity index (χ2v) is 5.77. The molecule has 2 heteroatoms. The van der Waals surface area contributed by atoms with Gasteiger partial charge in [0.1, 0.15) is 0 Å². The van der Waals surface area contributed by atoms with Gasteiger partial charge in [0.05, 0.1) is 0 Å². The van der Waals surface area contributed by atoms with E-state index in [1.165, 1.54) is 27.8 Å². The highest BCUT2D eigenvalue weighted by molar-refractivity contribution is 5.29. The van der Waals surface area contributed by atoms with E-state index in [1.807, 2.05) is 0 Å². The standard InChI is InChI=1S/C19H26N2/c1-4-21(13-17-10-15(2)9-16(3)11-17)14-19-8-6-5-7-18(19)12-20/h5-11H,4,12-14,20H2,1-3H3. The maximum Gasteiger partial charge on any atom is 0.0240 e. The molecule has 21 heavy (non-hydrogen) atoms. The number of rotatable bonds is 6. The van der Waals surface area contributed by atoms with E-state index in [4.69, 9.17) is 5.73 Å². The maximum atomic E-state index is 5.84. The first kappa shape index (κ1) is 15.7. The maximum absolute atomic E-state index is 5.84. The summed E-state index contributed by atoms with van der Waals surface area (Å²) in [4.78, 5) is 2.46. The van der Waals surface area contributed by atoms with Gasteiger partial charge in [-0.15, -0.1) is 0 Å². The molecule has 0 aliphatic heterocycles. The van der Waals surface area contributed by atoms with Crippen molar-refractivity contribution in [1.29, 1.82) is 0 Å². The summed E-state index contributed by atoms with van der Waals surface area (Å²) in [6.07, 6.45) is 0. The van der Waals surface area contributed by atoms with Gasteiger partial charge >= 0.3 is 0 Å². The second kappa shape index (κ2) is 7.39. The van der Waals surface area contributed by atoms with Gasteiger partial charge in [-0.25, -0.2) is 0 Å². The molecule has 2 aromatic carbocycles. The van der Waals surface area contributed by atoms with Crippen LogP contribution in [0.2, 0.25) is 0 Å². The predicted octanol–water partition coefficient (Wildman–Crippen LogP) is 3.78. The van der Waals surface area contributed by atoms with Crippen LogP contribution in [0.25, 0.3) is 0 Å². The van der Waals surface area contributed by atoms with Crippen LogP contribution in [0.5, 0.6) is 0 Å². The quantitative estimate of drug-likeness (QED) is 0.873. The normalized spacial score (nSPS) is 11.1. The topological polar surface area (TPSA) is 29.3 Å². The van der Waals surface area contributed by atoms with Gasteiger partial charge in [-0.2, -0.15) is 0 Å². The van der Waals surface area contributed by atoms with E-state index >= 15 is 0 Å². The molecule has 0 aromatic heterocycles. The first-order chi connectivity index (χ1) is 10.1. The minimum atomic E-state index is 0.608. The zero-order valence-corrected chi connectivity index (χ0v) is 13.4. The smallest absolute Gasteiger partial charge is 0.0240 e. The van der Waals surface area contributed by atoms with Crippen molar-refractivity contribution >= 4 is 0 Å². The van der Waals surface area contributed by atoms with Crippen molar-refractivity contribution in [3.8, 4) is 0 Å². The molecule has 2 aromatic rings. The lowest BCUT2D eigenvalue weighted by Crippen LogP contribution is -2.23. The average Bonchev–Trinajstić information content (AvgIpc) is 2.46. The van der Waals surface area contributed by atoms with Crippen LogP contribution >= 0.6 is 0 Å². The van der Waals surface area contributed by atoms with Crippen LogP contribution < -0.4 is 5.73 Å². The zero-order chi connectivity index (χ0) is 15.2. The van der Waals surface area contributed by atoms with Gasteiger partial charge in [0.25, 0.3) is 0 Å². The van der Waals surface area contributed by atoms with Crippen molar-refractivity contribution in [3.05, 3.63) is 70.3 Å². The Balaban J connectivity index is 2.13. The number of nitrogens with two attached hydrogens (primary N) is 1. The molecule has 0 saturated heterocycles. The van der Waals surface area contributed by atoms with Crippen molar-refractivity contribution < 1.29 is 0 Å². The van der Waals surface area contributed by atoms with E-state index < -0.39 is 0 Å². The molecule has 0 radical (unpaired) electrons. The van der Waals surface area contributed by atoms with Crippen molar-refractivity contribution in [2.75, 3.05) is 6.54 Å². The van der Waals surface area contributed by atoms with Crippen LogP contribution in [0.4, 0.5) is 0 Å². The lowest BCUT2D eigenvalue weighted by atomic mass is 10.1. The van der Waals surface area contributed by atoms with Crippen LogP contribution in [-0.4, -0.2) is 11.4 Å². The molecule has 0 heterocycles. The number of hydrogen-bond acceptors (Lipinski definition) is 2. The van der Waals surface area contributed by atoms with Gasteiger partial charge in [0, 0.05) is 19.6 Å². The Labute approximate surface area is 128 Å². The first-order valence-corrected chi connectivity index (χ1v) is 7.68. The molecular weight excluding hydrogens is 256 g/mol. The number of benzene rings is 2. The Hall–Kier alpha value is -1.64. The van der Waals surface area contributed by atoms with Gasteiger partial charge in [0.15, 0.2) is 0 Å². The summed E-state index contributed by atoms with van der Waals surface area (Å²) in [5.41, 5.74) is 12.5. The van der Waals surface area contributed by atoms with Crippen molar-refractivity contribution in [1.82, 2.24) is 4.90 Å². The van der Waals surface area contributed by atoms with Crippen molar-refractivity contribution in [2.24, 2.45) is 5.73 Å². The van der Waals surface area contributed by atoms with Crippen molar-refractivity contribution in [2.45, 2.75) is 40.4 Å². The summed E-state index contributed by atoms with van der Waals surface area (Å²) in [5, 5.41) is 0. The van der Waals surface area contributed by atoms with E-state index in [0.29, 0.717) is 6.54 Å². The summed E-state index contributed by atoms with van der Waals surface area (Å²) in [6.45, 7) is 10.1. The molecule has 2 N–H and O–H groups in total. The fourth-order valence-electron chi connectivity index (χ4n) is 2.85. The van der Waals surface area contributed by atoms with Gasteiger partial charge < -0.3 is 5.73 Å². The minimum absolute atomic E-state index is 0.608. The van der Waals surface area contributed by atoms with Crippen LogP contribution in [-0.2, 0) is 19.6 Å². The van der Waals surface area contributed by atoms with Gasteiger partial charge in [-0.05, 0) is 37.1 Å². The molecule has 112 valence electrons. The Morgan fingerprint density at radius 2 is 1.52 bits per heavy atom. The summed E-state index contributed by atoms with van der Waals surface area (Å²) in [5.74, 6) is 0. The highest BCUT2D eigenvalue weighted by Crippen LogP contribution is 2.15. The van der Waals surface area contributed by atoms with Gasteiger partial charge in [-0.1, -0.05) is 60.5 Å². The van der Waals surface area contributed by atoms with Gasteiger partial charge in [0.2, 0.25) is 0 Å². The van der Waals surface area contributed by atoms with E-state index in [2.05, 4.69) is 68.1 Å². The third-order valence-electron chi connectivity index (χ3n) is 3.87. The molecule has 2 rings (SSSR count). The molecule has 0 amide bonds. The third-order valence-corrected chi connectivity index (χ3v) is 3.87. The summed E-state index contributed by atoms with van der Waals surface area (Å²) < 4.78 is 0. The fraction of sp³-hybridized carbons (Fsp3) is 0.368. The SMILES string of the molecule is CCN(Cc1cc(C)cc(C)c1)Cc1ccccc1CN. The molecule has 0 unspecified atom stereocenters. The summed E-state index contributed by atoms with van der Waals surface area (Å²) in [7, 11) is 0. The van der Waals surface area contributed by atoms with Crippen LogP contribution in [0, 0.1) is 13.8 Å². The fourth-order valence-corrected chi connectivity index (χ4v) is 2.85. The Morgan fingerprint density at radius 3 is 2.10 bits per heavy atom. The molecule has 0 fully saturated rings. The molecule has 0 bridgehead atoms. The molecule has 0 aliphatic carbocycles. The lowest BCUT2D eigenvalue weighted by molar-refractivity contribution is 0.270. The predicted molar refractivity (Wildman–Crippen MR) is 90.0 cm³/mol. The van der Waals surface area contributed by atoms with E-state index in [9.17, 15) is 0 Å². The molecule has 0 spiro atoms. The zero-order valence-electron chi connectivity index (χ0n) is 13.4. The summed E-state index contributed by atoms with van der Waals surface area (Å²) in [6, 6.07) is 15.3. The van der Waals surface area contributed by atoms with Crippen LogP contribution in [0.1, 0.15) is 34.7 Å². The average molecular weight is 282 g/mol.